The van der Waals surface area contributed by atoms with Crippen LogP contribution in [-0.4, -0.2) is 23.6 Å². The van der Waals surface area contributed by atoms with Gasteiger partial charge in [0.05, 0.1) is 27.9 Å². The minimum Gasteiger partial charge on any atom is -0.378 e. The number of anilines is 1. The van der Waals surface area contributed by atoms with Gasteiger partial charge in [-0.1, -0.05) is 0 Å². The number of hydrogen-bond donors (Lipinski definition) is 1. The molecular weight excluding hydrogens is 254 g/mol. The topological polar surface area (TPSA) is 47.0 Å². The Kier molecular flexibility index (Phi) is 4.09. The third kappa shape index (κ3) is 2.83. The molecule has 0 aliphatic carbocycles. The summed E-state index contributed by atoms with van der Waals surface area (Å²) in [7, 11) is 1.68. The SMILES string of the molecule is CCNc1nc(-c2sc(C)nc2COC)cs1. The van der Waals surface area contributed by atoms with E-state index in [1.54, 1.807) is 29.8 Å². The van der Waals surface area contributed by atoms with Crippen molar-refractivity contribution in [2.24, 2.45) is 0 Å². The third-order valence-corrected chi connectivity index (χ3v) is 3.99. The zero-order valence-corrected chi connectivity index (χ0v) is 11.7. The van der Waals surface area contributed by atoms with Gasteiger partial charge in [-0.25, -0.2) is 9.97 Å². The van der Waals surface area contributed by atoms with Crippen LogP contribution < -0.4 is 5.32 Å². The molecule has 0 spiro atoms. The van der Waals surface area contributed by atoms with E-state index in [-0.39, 0.29) is 0 Å². The van der Waals surface area contributed by atoms with Gasteiger partial charge in [0.15, 0.2) is 5.13 Å². The normalized spacial score (nSPS) is 10.8. The van der Waals surface area contributed by atoms with Gasteiger partial charge in [0.25, 0.3) is 0 Å². The number of thiazole rings is 2. The molecule has 0 bridgehead atoms. The smallest absolute Gasteiger partial charge is 0.183 e. The van der Waals surface area contributed by atoms with Crippen LogP contribution in [0.15, 0.2) is 5.38 Å². The molecule has 0 radical (unpaired) electrons. The van der Waals surface area contributed by atoms with Gasteiger partial charge >= 0.3 is 0 Å². The molecular formula is C11H15N3OS2. The van der Waals surface area contributed by atoms with E-state index in [9.17, 15) is 0 Å². The van der Waals surface area contributed by atoms with Crippen LogP contribution in [0.3, 0.4) is 0 Å². The van der Waals surface area contributed by atoms with E-state index < -0.39 is 0 Å². The Hall–Kier alpha value is -0.980. The molecule has 2 aromatic heterocycles. The lowest BCUT2D eigenvalue weighted by Gasteiger charge is -1.98. The molecule has 0 fully saturated rings. The van der Waals surface area contributed by atoms with Crippen LogP contribution in [0.1, 0.15) is 17.6 Å². The second-order valence-corrected chi connectivity index (χ2v) is 5.57. The van der Waals surface area contributed by atoms with E-state index in [2.05, 4.69) is 27.6 Å². The van der Waals surface area contributed by atoms with Crippen LogP contribution in [0.2, 0.25) is 0 Å². The summed E-state index contributed by atoms with van der Waals surface area (Å²) in [5.74, 6) is 0. The van der Waals surface area contributed by atoms with Crippen molar-refractivity contribution in [3.63, 3.8) is 0 Å². The molecule has 2 heterocycles. The molecule has 0 saturated heterocycles. The van der Waals surface area contributed by atoms with Crippen molar-refractivity contribution in [2.45, 2.75) is 20.5 Å². The number of aryl methyl sites for hydroxylation is 1. The predicted octanol–water partition coefficient (Wildman–Crippen LogP) is 3.15. The summed E-state index contributed by atoms with van der Waals surface area (Å²) < 4.78 is 5.16. The van der Waals surface area contributed by atoms with Crippen molar-refractivity contribution in [2.75, 3.05) is 19.0 Å². The molecule has 0 aliphatic heterocycles. The number of rotatable bonds is 5. The largest absolute Gasteiger partial charge is 0.378 e. The first-order valence-electron chi connectivity index (χ1n) is 5.39. The van der Waals surface area contributed by atoms with Gasteiger partial charge in [0.1, 0.15) is 0 Å². The number of hydrogen-bond acceptors (Lipinski definition) is 6. The zero-order valence-electron chi connectivity index (χ0n) is 10.1. The summed E-state index contributed by atoms with van der Waals surface area (Å²) in [6, 6.07) is 0. The van der Waals surface area contributed by atoms with Crippen LogP contribution in [0.25, 0.3) is 10.6 Å². The maximum Gasteiger partial charge on any atom is 0.183 e. The predicted molar refractivity (Wildman–Crippen MR) is 72.8 cm³/mol. The quantitative estimate of drug-likeness (QED) is 0.905. The number of ether oxygens (including phenoxy) is 1. The van der Waals surface area contributed by atoms with Gasteiger partial charge in [-0.3, -0.25) is 0 Å². The fourth-order valence-electron chi connectivity index (χ4n) is 1.52. The van der Waals surface area contributed by atoms with Crippen molar-refractivity contribution in [1.82, 2.24) is 9.97 Å². The lowest BCUT2D eigenvalue weighted by Crippen LogP contribution is -1.95. The molecule has 2 rings (SSSR count). The first kappa shape index (κ1) is 12.5. The number of methoxy groups -OCH3 is 1. The fourth-order valence-corrected chi connectivity index (χ4v) is 3.25. The average molecular weight is 269 g/mol. The first-order chi connectivity index (χ1) is 8.24. The van der Waals surface area contributed by atoms with Crippen LogP contribution in [0, 0.1) is 6.92 Å². The zero-order chi connectivity index (χ0) is 12.3. The summed E-state index contributed by atoms with van der Waals surface area (Å²) in [4.78, 5) is 10.1. The van der Waals surface area contributed by atoms with E-state index in [1.165, 1.54) is 0 Å². The van der Waals surface area contributed by atoms with E-state index in [0.717, 1.165) is 32.9 Å². The highest BCUT2D eigenvalue weighted by molar-refractivity contribution is 7.16. The van der Waals surface area contributed by atoms with Gasteiger partial charge < -0.3 is 10.1 Å². The van der Waals surface area contributed by atoms with Crippen LogP contribution in [-0.2, 0) is 11.3 Å². The molecule has 6 heteroatoms. The van der Waals surface area contributed by atoms with Crippen molar-refractivity contribution in [3.8, 4) is 10.6 Å². The summed E-state index contributed by atoms with van der Waals surface area (Å²) >= 11 is 3.28. The van der Waals surface area contributed by atoms with Gasteiger partial charge in [0.2, 0.25) is 0 Å². The van der Waals surface area contributed by atoms with Gasteiger partial charge in [-0.2, -0.15) is 0 Å². The second-order valence-electron chi connectivity index (χ2n) is 3.51. The third-order valence-electron chi connectivity index (χ3n) is 2.15. The number of nitrogens with zero attached hydrogens (tertiary/aromatic N) is 2. The fraction of sp³-hybridized carbons (Fsp3) is 0.455. The highest BCUT2D eigenvalue weighted by atomic mass is 32.1. The van der Waals surface area contributed by atoms with E-state index >= 15 is 0 Å². The standard InChI is InChI=1S/C11H15N3OS2/c1-4-12-11-14-9(6-16-11)10-8(5-15-3)13-7(2)17-10/h6H,4-5H2,1-3H3,(H,12,14). The number of nitrogens with one attached hydrogen (secondary N) is 1. The Morgan fingerprint density at radius 3 is 2.94 bits per heavy atom. The molecule has 0 amide bonds. The van der Waals surface area contributed by atoms with Gasteiger partial charge in [0, 0.05) is 19.0 Å². The maximum absolute atomic E-state index is 5.16. The summed E-state index contributed by atoms with van der Waals surface area (Å²) in [5.41, 5.74) is 1.96. The monoisotopic (exact) mass is 269 g/mol. The lowest BCUT2D eigenvalue weighted by molar-refractivity contribution is 0.182. The van der Waals surface area contributed by atoms with Crippen LogP contribution in [0.4, 0.5) is 5.13 Å². The van der Waals surface area contributed by atoms with Crippen molar-refractivity contribution in [1.29, 1.82) is 0 Å². The van der Waals surface area contributed by atoms with Crippen LogP contribution in [0.5, 0.6) is 0 Å². The highest BCUT2D eigenvalue weighted by Gasteiger charge is 2.13. The molecule has 0 atom stereocenters. The van der Waals surface area contributed by atoms with Gasteiger partial charge in [-0.15, -0.1) is 22.7 Å². The van der Waals surface area contributed by atoms with E-state index in [4.69, 9.17) is 4.74 Å². The summed E-state index contributed by atoms with van der Waals surface area (Å²) in [6.07, 6.45) is 0. The minimum absolute atomic E-state index is 0.535. The van der Waals surface area contributed by atoms with E-state index in [0.29, 0.717) is 6.61 Å². The summed E-state index contributed by atoms with van der Waals surface area (Å²) in [5, 5.41) is 7.28. The highest BCUT2D eigenvalue weighted by Crippen LogP contribution is 2.32. The molecule has 17 heavy (non-hydrogen) atoms. The van der Waals surface area contributed by atoms with Crippen LogP contribution >= 0.6 is 22.7 Å². The Bertz CT molecular complexity index is 493. The maximum atomic E-state index is 5.16. The molecule has 92 valence electrons. The minimum atomic E-state index is 0.535. The molecule has 4 nitrogen and oxygen atoms in total. The van der Waals surface area contributed by atoms with Crippen molar-refractivity contribution in [3.05, 3.63) is 16.1 Å². The molecule has 0 saturated carbocycles. The Morgan fingerprint density at radius 1 is 1.41 bits per heavy atom. The van der Waals surface area contributed by atoms with Gasteiger partial charge in [-0.05, 0) is 13.8 Å². The molecule has 0 unspecified atom stereocenters. The average Bonchev–Trinajstić information content (AvgIpc) is 2.87. The number of aromatic nitrogens is 2. The molecule has 0 aliphatic rings. The molecule has 1 N–H and O–H groups in total. The Morgan fingerprint density at radius 2 is 2.24 bits per heavy atom. The Labute approximate surface area is 109 Å². The lowest BCUT2D eigenvalue weighted by atomic mass is 10.3. The second kappa shape index (κ2) is 5.57. The first-order valence-corrected chi connectivity index (χ1v) is 7.09. The van der Waals surface area contributed by atoms with E-state index in [1.807, 2.05) is 6.92 Å². The Balaban J connectivity index is 2.30. The molecule has 2 aromatic rings. The summed E-state index contributed by atoms with van der Waals surface area (Å²) in [6.45, 7) is 5.49. The molecule has 0 aromatic carbocycles. The van der Waals surface area contributed by atoms with Crippen molar-refractivity contribution < 1.29 is 4.74 Å². The van der Waals surface area contributed by atoms with Crippen molar-refractivity contribution >= 4 is 27.8 Å².